The normalized spacial score (nSPS) is 17.0. The summed E-state index contributed by atoms with van der Waals surface area (Å²) in [6.07, 6.45) is 1.87. The van der Waals surface area contributed by atoms with Crippen molar-refractivity contribution < 1.29 is 13.2 Å². The van der Waals surface area contributed by atoms with Gasteiger partial charge in [0.1, 0.15) is 0 Å². The molecular formula is C23H19N3O3S2. The van der Waals surface area contributed by atoms with E-state index in [2.05, 4.69) is 4.99 Å². The number of nitrogens with two attached hydrogens (primary N) is 1. The van der Waals surface area contributed by atoms with Crippen molar-refractivity contribution in [1.82, 2.24) is 0 Å². The fourth-order valence-corrected chi connectivity index (χ4v) is 4.57. The zero-order valence-electron chi connectivity index (χ0n) is 16.6. The maximum absolute atomic E-state index is 13.3. The molecule has 156 valence electrons. The van der Waals surface area contributed by atoms with Crippen molar-refractivity contribution in [3.05, 3.63) is 94.9 Å². The zero-order valence-corrected chi connectivity index (χ0v) is 18.2. The van der Waals surface area contributed by atoms with Gasteiger partial charge in [-0.15, -0.1) is 0 Å². The summed E-state index contributed by atoms with van der Waals surface area (Å²) in [5.74, 6) is -0.167. The molecule has 1 aliphatic rings. The Morgan fingerprint density at radius 2 is 1.58 bits per heavy atom. The van der Waals surface area contributed by atoms with Crippen molar-refractivity contribution in [2.75, 3.05) is 4.90 Å². The second kappa shape index (κ2) is 8.50. The van der Waals surface area contributed by atoms with Gasteiger partial charge in [0.25, 0.3) is 5.91 Å². The highest BCUT2D eigenvalue weighted by Gasteiger charge is 2.34. The highest BCUT2D eigenvalue weighted by molar-refractivity contribution is 8.19. The molecule has 31 heavy (non-hydrogen) atoms. The first-order valence-corrected chi connectivity index (χ1v) is 11.8. The van der Waals surface area contributed by atoms with Crippen molar-refractivity contribution in [1.29, 1.82) is 0 Å². The Hall–Kier alpha value is -3.20. The van der Waals surface area contributed by atoms with E-state index in [1.165, 1.54) is 23.9 Å². The summed E-state index contributed by atoms with van der Waals surface area (Å²) in [6.45, 7) is 1.99. The van der Waals surface area contributed by atoms with Gasteiger partial charge in [0.05, 0.1) is 21.2 Å². The lowest BCUT2D eigenvalue weighted by Crippen LogP contribution is -2.28. The van der Waals surface area contributed by atoms with Crippen LogP contribution in [0.1, 0.15) is 11.1 Å². The lowest BCUT2D eigenvalue weighted by Gasteiger charge is -2.15. The molecule has 0 unspecified atom stereocenters. The number of para-hydroxylation sites is 1. The van der Waals surface area contributed by atoms with Gasteiger partial charge in [0.2, 0.25) is 10.0 Å². The van der Waals surface area contributed by atoms with E-state index in [4.69, 9.17) is 5.14 Å². The van der Waals surface area contributed by atoms with E-state index >= 15 is 0 Å². The zero-order chi connectivity index (χ0) is 22.0. The molecule has 1 fully saturated rings. The Balaban J connectivity index is 1.76. The number of sulfonamides is 1. The van der Waals surface area contributed by atoms with Crippen molar-refractivity contribution in [3.8, 4) is 0 Å². The van der Waals surface area contributed by atoms with Crippen LogP contribution < -0.4 is 10.0 Å². The molecule has 1 amide bonds. The monoisotopic (exact) mass is 449 g/mol. The molecule has 0 aliphatic carbocycles. The number of aliphatic imine (C=N–C) groups is 1. The van der Waals surface area contributed by atoms with E-state index in [-0.39, 0.29) is 10.8 Å². The molecule has 1 aliphatic heterocycles. The van der Waals surface area contributed by atoms with Gasteiger partial charge in [0, 0.05) is 0 Å². The summed E-state index contributed by atoms with van der Waals surface area (Å²) in [7, 11) is -3.78. The second-order valence-corrected chi connectivity index (χ2v) is 9.45. The van der Waals surface area contributed by atoms with Gasteiger partial charge in [0.15, 0.2) is 5.17 Å². The van der Waals surface area contributed by atoms with Crippen LogP contribution in [0.15, 0.2) is 93.7 Å². The van der Waals surface area contributed by atoms with Crippen LogP contribution >= 0.6 is 11.8 Å². The minimum Gasteiger partial charge on any atom is -0.268 e. The van der Waals surface area contributed by atoms with Crippen LogP contribution in [0, 0.1) is 6.92 Å². The van der Waals surface area contributed by atoms with E-state index < -0.39 is 10.0 Å². The Labute approximate surface area is 185 Å². The summed E-state index contributed by atoms with van der Waals surface area (Å²) < 4.78 is 23.0. The number of rotatable bonds is 4. The molecule has 0 radical (unpaired) electrons. The molecule has 0 bridgehead atoms. The summed E-state index contributed by atoms with van der Waals surface area (Å²) in [5, 5.41) is 5.65. The van der Waals surface area contributed by atoms with Crippen molar-refractivity contribution in [2.24, 2.45) is 10.1 Å². The van der Waals surface area contributed by atoms with Crippen molar-refractivity contribution >= 4 is 50.3 Å². The first-order valence-electron chi connectivity index (χ1n) is 9.39. The highest BCUT2D eigenvalue weighted by Crippen LogP contribution is 2.37. The predicted molar refractivity (Wildman–Crippen MR) is 126 cm³/mol. The number of carbonyl (C=O) groups is 1. The molecule has 2 N–H and O–H groups in total. The average molecular weight is 450 g/mol. The quantitative estimate of drug-likeness (QED) is 0.596. The molecular weight excluding hydrogens is 430 g/mol. The number of nitrogens with zero attached hydrogens (tertiary/aromatic N) is 2. The second-order valence-electron chi connectivity index (χ2n) is 6.88. The molecule has 0 saturated carbocycles. The molecule has 1 heterocycles. The number of thioether (sulfide) groups is 1. The third-order valence-corrected chi connectivity index (χ3v) is 6.58. The average Bonchev–Trinajstić information content (AvgIpc) is 3.05. The fourth-order valence-electron chi connectivity index (χ4n) is 3.06. The summed E-state index contributed by atoms with van der Waals surface area (Å²) in [4.78, 5) is 20.0. The van der Waals surface area contributed by atoms with Gasteiger partial charge in [-0.05, 0) is 72.3 Å². The van der Waals surface area contributed by atoms with Gasteiger partial charge in [-0.1, -0.05) is 42.5 Å². The third-order valence-electron chi connectivity index (χ3n) is 4.69. The molecule has 0 aromatic heterocycles. The molecule has 4 rings (SSSR count). The van der Waals surface area contributed by atoms with Crippen LogP contribution in [0.5, 0.6) is 0 Å². The molecule has 0 spiro atoms. The molecule has 3 aromatic carbocycles. The molecule has 1 saturated heterocycles. The number of hydrogen-bond donors (Lipinski definition) is 1. The summed E-state index contributed by atoms with van der Waals surface area (Å²) >= 11 is 1.27. The first kappa shape index (κ1) is 21.0. The summed E-state index contributed by atoms with van der Waals surface area (Å²) in [5.41, 5.74) is 3.25. The van der Waals surface area contributed by atoms with E-state index in [1.807, 2.05) is 67.6 Å². The minimum absolute atomic E-state index is 0.00616. The smallest absolute Gasteiger partial charge is 0.268 e. The Morgan fingerprint density at radius 1 is 0.935 bits per heavy atom. The number of aryl methyl sites for hydroxylation is 1. The number of hydrogen-bond acceptors (Lipinski definition) is 5. The molecule has 8 heteroatoms. The van der Waals surface area contributed by atoms with Gasteiger partial charge in [-0.3, -0.25) is 9.69 Å². The van der Waals surface area contributed by atoms with Crippen molar-refractivity contribution in [2.45, 2.75) is 11.8 Å². The number of amides is 1. The minimum atomic E-state index is -3.78. The molecule has 0 atom stereocenters. The van der Waals surface area contributed by atoms with E-state index in [0.717, 1.165) is 11.1 Å². The Bertz CT molecular complexity index is 1300. The topological polar surface area (TPSA) is 92.8 Å². The van der Waals surface area contributed by atoms with Crippen LogP contribution in [0.2, 0.25) is 0 Å². The highest BCUT2D eigenvalue weighted by atomic mass is 32.2. The Kier molecular flexibility index (Phi) is 5.77. The van der Waals surface area contributed by atoms with Gasteiger partial charge in [-0.2, -0.15) is 0 Å². The van der Waals surface area contributed by atoms with Crippen LogP contribution in [-0.4, -0.2) is 19.5 Å². The first-order chi connectivity index (χ1) is 14.8. The number of primary sulfonamides is 1. The summed E-state index contributed by atoms with van der Waals surface area (Å²) in [6, 6.07) is 23.0. The van der Waals surface area contributed by atoms with Gasteiger partial charge >= 0.3 is 0 Å². The molecule has 3 aromatic rings. The number of amidine groups is 1. The van der Waals surface area contributed by atoms with Gasteiger partial charge < -0.3 is 0 Å². The SMILES string of the molecule is Cc1ccccc1C=C1S/C(=N\c2ccc(S(N)(=O)=O)cc2)N(c2ccccc2)C1=O. The van der Waals surface area contributed by atoms with E-state index in [9.17, 15) is 13.2 Å². The fraction of sp³-hybridized carbons (Fsp3) is 0.0435. The van der Waals surface area contributed by atoms with Crippen LogP contribution in [0.4, 0.5) is 11.4 Å². The third kappa shape index (κ3) is 4.61. The lowest BCUT2D eigenvalue weighted by molar-refractivity contribution is -0.113. The maximum atomic E-state index is 13.3. The number of anilines is 1. The van der Waals surface area contributed by atoms with Crippen LogP contribution in [0.25, 0.3) is 6.08 Å². The van der Waals surface area contributed by atoms with E-state index in [1.54, 1.807) is 17.0 Å². The number of carbonyl (C=O) groups excluding carboxylic acids is 1. The largest absolute Gasteiger partial charge is 0.271 e. The number of benzene rings is 3. The van der Waals surface area contributed by atoms with E-state index in [0.29, 0.717) is 21.4 Å². The van der Waals surface area contributed by atoms with Crippen LogP contribution in [0.3, 0.4) is 0 Å². The van der Waals surface area contributed by atoms with Crippen molar-refractivity contribution in [3.63, 3.8) is 0 Å². The maximum Gasteiger partial charge on any atom is 0.271 e. The lowest BCUT2D eigenvalue weighted by atomic mass is 10.1. The molecule has 6 nitrogen and oxygen atoms in total. The van der Waals surface area contributed by atoms with Gasteiger partial charge in [-0.25, -0.2) is 18.5 Å². The van der Waals surface area contributed by atoms with Crippen LogP contribution in [-0.2, 0) is 14.8 Å². The standard InChI is InChI=1S/C23H19N3O3S2/c1-16-7-5-6-8-17(16)15-21-22(27)26(19-9-3-2-4-10-19)23(30-21)25-18-11-13-20(14-12-18)31(24,28)29/h2-15H,1H3,(H2,24,28,29)/b21-15?,25-23-. The Morgan fingerprint density at radius 3 is 2.23 bits per heavy atom. The predicted octanol–water partition coefficient (Wildman–Crippen LogP) is 4.45.